The summed E-state index contributed by atoms with van der Waals surface area (Å²) in [7, 11) is 0. The van der Waals surface area contributed by atoms with Crippen molar-refractivity contribution in [3.63, 3.8) is 0 Å². The molecule has 2 N–H and O–H groups in total. The number of furan rings is 1. The number of amides is 3. The van der Waals surface area contributed by atoms with Crippen LogP contribution in [0.15, 0.2) is 41.2 Å². The van der Waals surface area contributed by atoms with Gasteiger partial charge >= 0.3 is 0 Å². The Kier molecular flexibility index (Phi) is 5.54. The predicted molar refractivity (Wildman–Crippen MR) is 96.7 cm³/mol. The van der Waals surface area contributed by atoms with Gasteiger partial charge in [-0.15, -0.1) is 0 Å². The zero-order valence-corrected chi connectivity index (χ0v) is 14.8. The van der Waals surface area contributed by atoms with Gasteiger partial charge in [-0.1, -0.05) is 0 Å². The number of carbonyl (C=O) groups is 3. The van der Waals surface area contributed by atoms with Crippen LogP contribution in [0.3, 0.4) is 0 Å². The van der Waals surface area contributed by atoms with Crippen LogP contribution in [-0.4, -0.2) is 35.7 Å². The van der Waals surface area contributed by atoms with Gasteiger partial charge in [-0.2, -0.15) is 0 Å². The lowest BCUT2D eigenvalue weighted by atomic mass is 9.95. The Hall–Kier alpha value is -3.16. The molecule has 1 aliphatic rings. The number of halogens is 1. The van der Waals surface area contributed by atoms with Gasteiger partial charge in [0, 0.05) is 31.6 Å². The van der Waals surface area contributed by atoms with E-state index in [0.29, 0.717) is 37.2 Å². The largest absolute Gasteiger partial charge is 0.472 e. The summed E-state index contributed by atoms with van der Waals surface area (Å²) in [6.45, 7) is 2.23. The topological polar surface area (TPSA) is 91.7 Å². The molecule has 1 fully saturated rings. The van der Waals surface area contributed by atoms with Crippen LogP contribution < -0.4 is 10.6 Å². The van der Waals surface area contributed by atoms with Gasteiger partial charge in [-0.3, -0.25) is 14.4 Å². The molecular formula is C19H20FN3O4. The molecule has 2 aromatic rings. The number of piperidine rings is 1. The van der Waals surface area contributed by atoms with Gasteiger partial charge in [0.2, 0.25) is 11.8 Å². The summed E-state index contributed by atoms with van der Waals surface area (Å²) in [5, 5.41) is 5.13. The first-order valence-electron chi connectivity index (χ1n) is 8.63. The van der Waals surface area contributed by atoms with E-state index < -0.39 is 11.7 Å². The Morgan fingerprint density at radius 1 is 1.15 bits per heavy atom. The third-order valence-electron chi connectivity index (χ3n) is 4.47. The second-order valence-corrected chi connectivity index (χ2v) is 6.44. The van der Waals surface area contributed by atoms with Gasteiger partial charge in [0.1, 0.15) is 12.1 Å². The van der Waals surface area contributed by atoms with E-state index in [4.69, 9.17) is 4.42 Å². The Morgan fingerprint density at radius 2 is 1.89 bits per heavy atom. The van der Waals surface area contributed by atoms with Crippen LogP contribution in [-0.2, 0) is 9.59 Å². The normalized spacial score (nSPS) is 14.7. The van der Waals surface area contributed by atoms with Gasteiger partial charge < -0.3 is 20.0 Å². The Morgan fingerprint density at radius 3 is 2.52 bits per heavy atom. The fourth-order valence-electron chi connectivity index (χ4n) is 3.05. The number of rotatable bonds is 4. The predicted octanol–water partition coefficient (Wildman–Crippen LogP) is 2.87. The first-order chi connectivity index (χ1) is 12.9. The minimum Gasteiger partial charge on any atom is -0.472 e. The molecule has 0 aliphatic carbocycles. The molecule has 0 bridgehead atoms. The maximum absolute atomic E-state index is 13.7. The second-order valence-electron chi connectivity index (χ2n) is 6.44. The van der Waals surface area contributed by atoms with Crippen LogP contribution in [0.1, 0.15) is 30.1 Å². The van der Waals surface area contributed by atoms with E-state index in [9.17, 15) is 18.8 Å². The third kappa shape index (κ3) is 4.52. The molecule has 1 aromatic carbocycles. The highest BCUT2D eigenvalue weighted by Crippen LogP contribution is 2.23. The lowest BCUT2D eigenvalue weighted by Crippen LogP contribution is -2.41. The standard InChI is InChI=1S/C19H20FN3O4/c1-12(24)21-17-10-15(2-3-16(17)20)22-18(25)13-4-7-23(8-5-13)19(26)14-6-9-27-11-14/h2-3,6,9-11,13H,4-5,7-8H2,1H3,(H,21,24)(H,22,25). The summed E-state index contributed by atoms with van der Waals surface area (Å²) in [5.41, 5.74) is 0.914. The molecule has 7 nitrogen and oxygen atoms in total. The summed E-state index contributed by atoms with van der Waals surface area (Å²) in [5.74, 6) is -1.51. The highest BCUT2D eigenvalue weighted by atomic mass is 19.1. The van der Waals surface area contributed by atoms with E-state index in [2.05, 4.69) is 10.6 Å². The monoisotopic (exact) mass is 373 g/mol. The van der Waals surface area contributed by atoms with Crippen molar-refractivity contribution in [3.8, 4) is 0 Å². The number of hydrogen-bond acceptors (Lipinski definition) is 4. The van der Waals surface area contributed by atoms with E-state index in [1.807, 2.05) is 0 Å². The van der Waals surface area contributed by atoms with Crippen LogP contribution >= 0.6 is 0 Å². The molecule has 3 amide bonds. The summed E-state index contributed by atoms with van der Waals surface area (Å²) < 4.78 is 18.6. The van der Waals surface area contributed by atoms with Crippen LogP contribution in [0.2, 0.25) is 0 Å². The summed E-state index contributed by atoms with van der Waals surface area (Å²) in [4.78, 5) is 37.6. The lowest BCUT2D eigenvalue weighted by Gasteiger charge is -2.31. The molecule has 1 saturated heterocycles. The summed E-state index contributed by atoms with van der Waals surface area (Å²) >= 11 is 0. The number of hydrogen-bond donors (Lipinski definition) is 2. The first-order valence-corrected chi connectivity index (χ1v) is 8.63. The zero-order chi connectivity index (χ0) is 19.4. The van der Waals surface area contributed by atoms with Crippen molar-refractivity contribution in [2.75, 3.05) is 23.7 Å². The van der Waals surface area contributed by atoms with E-state index in [0.717, 1.165) is 0 Å². The van der Waals surface area contributed by atoms with Gasteiger partial charge in [0.25, 0.3) is 5.91 Å². The van der Waals surface area contributed by atoms with Gasteiger partial charge in [0.05, 0.1) is 17.5 Å². The van der Waals surface area contributed by atoms with Crippen LogP contribution in [0.5, 0.6) is 0 Å². The minimum atomic E-state index is -0.575. The SMILES string of the molecule is CC(=O)Nc1cc(NC(=O)C2CCN(C(=O)c3ccoc3)CC2)ccc1F. The van der Waals surface area contributed by atoms with Crippen molar-refractivity contribution in [1.82, 2.24) is 4.90 Å². The summed E-state index contributed by atoms with van der Waals surface area (Å²) in [6.07, 6.45) is 3.93. The quantitative estimate of drug-likeness (QED) is 0.862. The van der Waals surface area contributed by atoms with E-state index in [1.165, 1.54) is 37.6 Å². The molecule has 8 heteroatoms. The Bertz CT molecular complexity index is 843. The summed E-state index contributed by atoms with van der Waals surface area (Å²) in [6, 6.07) is 5.62. The number of nitrogens with zero attached hydrogens (tertiary/aromatic N) is 1. The molecule has 0 unspecified atom stereocenters. The zero-order valence-electron chi connectivity index (χ0n) is 14.8. The molecule has 0 spiro atoms. The highest BCUT2D eigenvalue weighted by molar-refractivity contribution is 5.96. The van der Waals surface area contributed by atoms with Crippen molar-refractivity contribution in [1.29, 1.82) is 0 Å². The van der Waals surface area contributed by atoms with Gasteiger partial charge in [0.15, 0.2) is 0 Å². The van der Waals surface area contributed by atoms with Crippen LogP contribution in [0.25, 0.3) is 0 Å². The third-order valence-corrected chi connectivity index (χ3v) is 4.47. The fraction of sp³-hybridized carbons (Fsp3) is 0.316. The van der Waals surface area contributed by atoms with Gasteiger partial charge in [-0.25, -0.2) is 4.39 Å². The molecule has 142 valence electrons. The maximum atomic E-state index is 13.7. The maximum Gasteiger partial charge on any atom is 0.257 e. The van der Waals surface area contributed by atoms with E-state index >= 15 is 0 Å². The van der Waals surface area contributed by atoms with Crippen molar-refractivity contribution in [2.24, 2.45) is 5.92 Å². The van der Waals surface area contributed by atoms with Crippen molar-refractivity contribution in [2.45, 2.75) is 19.8 Å². The molecular weight excluding hydrogens is 353 g/mol. The van der Waals surface area contributed by atoms with Crippen molar-refractivity contribution < 1.29 is 23.2 Å². The highest BCUT2D eigenvalue weighted by Gasteiger charge is 2.28. The fourth-order valence-corrected chi connectivity index (χ4v) is 3.05. The number of carbonyl (C=O) groups excluding carboxylic acids is 3. The lowest BCUT2D eigenvalue weighted by molar-refractivity contribution is -0.121. The molecule has 0 atom stereocenters. The van der Waals surface area contributed by atoms with Crippen LogP contribution in [0.4, 0.5) is 15.8 Å². The van der Waals surface area contributed by atoms with Crippen molar-refractivity contribution in [3.05, 3.63) is 48.2 Å². The molecule has 3 rings (SSSR count). The molecule has 2 heterocycles. The van der Waals surface area contributed by atoms with E-state index in [-0.39, 0.29) is 23.4 Å². The van der Waals surface area contributed by atoms with Crippen LogP contribution in [0, 0.1) is 11.7 Å². The second kappa shape index (κ2) is 8.03. The molecule has 0 saturated carbocycles. The smallest absolute Gasteiger partial charge is 0.257 e. The number of anilines is 2. The average Bonchev–Trinajstić information content (AvgIpc) is 3.18. The Labute approximate surface area is 155 Å². The van der Waals surface area contributed by atoms with Gasteiger partial charge in [-0.05, 0) is 37.1 Å². The molecule has 27 heavy (non-hydrogen) atoms. The number of nitrogens with one attached hydrogen (secondary N) is 2. The number of benzene rings is 1. The van der Waals surface area contributed by atoms with Crippen molar-refractivity contribution >= 4 is 29.1 Å². The molecule has 1 aromatic heterocycles. The molecule has 0 radical (unpaired) electrons. The molecule has 1 aliphatic heterocycles. The number of likely N-dealkylation sites (tertiary alicyclic amines) is 1. The first kappa shape index (κ1) is 18.6. The average molecular weight is 373 g/mol. The Balaban J connectivity index is 1.57. The minimum absolute atomic E-state index is 0.0147. The van der Waals surface area contributed by atoms with E-state index in [1.54, 1.807) is 11.0 Å².